The predicted octanol–water partition coefficient (Wildman–Crippen LogP) is 3.04. The van der Waals surface area contributed by atoms with Gasteiger partial charge in [0.2, 0.25) is 5.91 Å². The number of carbonyl (C=O) groups is 3. The monoisotopic (exact) mass is 434 g/mol. The number of thiazole rings is 1. The molecule has 7 nitrogen and oxygen atoms in total. The number of aromatic nitrogens is 1. The van der Waals surface area contributed by atoms with Gasteiger partial charge in [0.1, 0.15) is 17.1 Å². The maximum Gasteiger partial charge on any atom is 0.325 e. The number of fused-ring (bicyclic) bond motifs is 3. The lowest BCUT2D eigenvalue weighted by Gasteiger charge is -2.33. The van der Waals surface area contributed by atoms with E-state index >= 15 is 0 Å². The molecule has 2 heterocycles. The third kappa shape index (κ3) is 3.27. The Bertz CT molecular complexity index is 1170. The Hall–Kier alpha value is -3.26. The third-order valence-corrected chi connectivity index (χ3v) is 7.10. The normalized spacial score (nSPS) is 20.2. The minimum atomic E-state index is -1.06. The van der Waals surface area contributed by atoms with E-state index in [1.807, 2.05) is 48.5 Å². The molecule has 1 N–H and O–H groups in total. The minimum absolute atomic E-state index is 0.282. The summed E-state index contributed by atoms with van der Waals surface area (Å²) in [7, 11) is 1.67. The molecule has 2 aliphatic rings. The number of urea groups is 1. The van der Waals surface area contributed by atoms with Crippen LogP contribution in [0.25, 0.3) is 10.2 Å². The molecular formula is C23H22N4O3S. The molecule has 4 amide bonds. The smallest absolute Gasteiger partial charge is 0.325 e. The Kier molecular flexibility index (Phi) is 4.74. The van der Waals surface area contributed by atoms with Crippen LogP contribution >= 0.6 is 11.3 Å². The van der Waals surface area contributed by atoms with Crippen molar-refractivity contribution in [2.24, 2.45) is 0 Å². The highest BCUT2D eigenvalue weighted by atomic mass is 32.1. The second-order valence-corrected chi connectivity index (χ2v) is 9.18. The van der Waals surface area contributed by atoms with Crippen LogP contribution in [0.2, 0.25) is 0 Å². The number of likely N-dealkylation sites (N-methyl/N-ethyl adjacent to an activating group) is 1. The molecule has 1 aliphatic heterocycles. The highest BCUT2D eigenvalue weighted by Crippen LogP contribution is 2.39. The summed E-state index contributed by atoms with van der Waals surface area (Å²) in [5.74, 6) is -0.643. The Morgan fingerprint density at radius 3 is 2.81 bits per heavy atom. The molecule has 2 aromatic carbocycles. The minimum Gasteiger partial charge on any atom is -0.337 e. The maximum atomic E-state index is 13.4. The molecular weight excluding hydrogens is 412 g/mol. The van der Waals surface area contributed by atoms with Crippen molar-refractivity contribution in [3.63, 3.8) is 0 Å². The number of imide groups is 1. The summed E-state index contributed by atoms with van der Waals surface area (Å²) in [6.07, 6.45) is 2.23. The molecule has 0 saturated carbocycles. The van der Waals surface area contributed by atoms with Gasteiger partial charge in [-0.15, -0.1) is 11.3 Å². The van der Waals surface area contributed by atoms with Gasteiger partial charge in [0, 0.05) is 7.05 Å². The van der Waals surface area contributed by atoms with Gasteiger partial charge < -0.3 is 10.2 Å². The summed E-state index contributed by atoms with van der Waals surface area (Å²) >= 11 is 1.53. The molecule has 1 aromatic heterocycles. The van der Waals surface area contributed by atoms with E-state index in [1.165, 1.54) is 16.2 Å². The Morgan fingerprint density at radius 1 is 1.19 bits per heavy atom. The zero-order chi connectivity index (χ0) is 21.6. The van der Waals surface area contributed by atoms with E-state index in [0.29, 0.717) is 13.0 Å². The number of nitrogens with zero attached hydrogens (tertiary/aromatic N) is 3. The van der Waals surface area contributed by atoms with Crippen LogP contribution in [0.1, 0.15) is 29.0 Å². The van der Waals surface area contributed by atoms with E-state index in [9.17, 15) is 14.4 Å². The quantitative estimate of drug-likeness (QED) is 0.640. The zero-order valence-electron chi connectivity index (χ0n) is 17.1. The summed E-state index contributed by atoms with van der Waals surface area (Å²) in [6, 6.07) is 15.0. The molecule has 1 saturated heterocycles. The second kappa shape index (κ2) is 7.46. The average Bonchev–Trinajstić information content (AvgIpc) is 3.28. The Morgan fingerprint density at radius 2 is 1.97 bits per heavy atom. The molecule has 8 heteroatoms. The number of amides is 4. The summed E-state index contributed by atoms with van der Waals surface area (Å²) in [5, 5.41) is 3.71. The van der Waals surface area contributed by atoms with Crippen LogP contribution in [-0.2, 0) is 28.1 Å². The van der Waals surface area contributed by atoms with Gasteiger partial charge >= 0.3 is 6.03 Å². The van der Waals surface area contributed by atoms with E-state index < -0.39 is 11.6 Å². The molecule has 0 radical (unpaired) electrons. The number of nitrogens with one attached hydrogen (secondary N) is 1. The van der Waals surface area contributed by atoms with Crippen LogP contribution in [0, 0.1) is 0 Å². The number of rotatable bonds is 4. The van der Waals surface area contributed by atoms with Crippen LogP contribution in [-0.4, -0.2) is 46.2 Å². The van der Waals surface area contributed by atoms with Gasteiger partial charge in [-0.2, -0.15) is 0 Å². The third-order valence-electron chi connectivity index (χ3n) is 6.08. The van der Waals surface area contributed by atoms with Crippen molar-refractivity contribution in [2.75, 3.05) is 13.6 Å². The van der Waals surface area contributed by atoms with Crippen LogP contribution < -0.4 is 5.32 Å². The number of hydrogen-bond acceptors (Lipinski definition) is 5. The van der Waals surface area contributed by atoms with Gasteiger partial charge in [0.25, 0.3) is 5.91 Å². The van der Waals surface area contributed by atoms with Crippen LogP contribution in [0.3, 0.4) is 0 Å². The first-order valence-electron chi connectivity index (χ1n) is 10.3. The standard InChI is InChI=1S/C23H22N4O3S/c1-26(13-19-24-17-10-4-5-11-18(17)31-19)20(28)14-27-21(29)23(25-22(27)30)12-6-8-15-7-2-3-9-16(15)23/h2-5,7,9-11H,6,8,12-14H2,1H3,(H,25,30)/t23-/m1/s1. The van der Waals surface area contributed by atoms with E-state index in [2.05, 4.69) is 10.3 Å². The molecule has 1 aliphatic carbocycles. The lowest BCUT2D eigenvalue weighted by molar-refractivity contribution is -0.139. The summed E-state index contributed by atoms with van der Waals surface area (Å²) < 4.78 is 1.06. The predicted molar refractivity (Wildman–Crippen MR) is 117 cm³/mol. The van der Waals surface area contributed by atoms with Crippen LogP contribution in [0.15, 0.2) is 48.5 Å². The first-order chi connectivity index (χ1) is 15.0. The molecule has 158 valence electrons. The number of para-hydroxylation sites is 1. The van der Waals surface area contributed by atoms with Crippen molar-refractivity contribution in [3.05, 3.63) is 64.7 Å². The molecule has 5 rings (SSSR count). The fourth-order valence-corrected chi connectivity index (χ4v) is 5.51. The molecule has 31 heavy (non-hydrogen) atoms. The molecule has 1 spiro atoms. The zero-order valence-corrected chi connectivity index (χ0v) is 17.9. The highest BCUT2D eigenvalue weighted by Gasteiger charge is 2.54. The number of benzene rings is 2. The van der Waals surface area contributed by atoms with Crippen LogP contribution in [0.4, 0.5) is 4.79 Å². The number of aryl methyl sites for hydroxylation is 1. The first-order valence-corrected chi connectivity index (χ1v) is 11.1. The Labute approximate surface area is 183 Å². The van der Waals surface area contributed by atoms with Gasteiger partial charge in [0.05, 0.1) is 16.8 Å². The SMILES string of the molecule is CN(Cc1nc2ccccc2s1)C(=O)CN1C(=O)N[C@@]2(CCCc3ccccc32)C1=O. The summed E-state index contributed by atoms with van der Waals surface area (Å²) in [4.78, 5) is 46.0. The number of carbonyl (C=O) groups excluding carboxylic acids is 3. The molecule has 0 bridgehead atoms. The number of hydrogen-bond donors (Lipinski definition) is 1. The van der Waals surface area contributed by atoms with Crippen molar-refractivity contribution in [1.82, 2.24) is 20.1 Å². The van der Waals surface area contributed by atoms with Gasteiger partial charge in [-0.1, -0.05) is 36.4 Å². The lowest BCUT2D eigenvalue weighted by atomic mass is 9.76. The van der Waals surface area contributed by atoms with Crippen molar-refractivity contribution >= 4 is 39.4 Å². The molecule has 1 fully saturated rings. The summed E-state index contributed by atoms with van der Waals surface area (Å²) in [5.41, 5.74) is 1.76. The second-order valence-electron chi connectivity index (χ2n) is 8.06. The summed E-state index contributed by atoms with van der Waals surface area (Å²) in [6.45, 7) is 0.0474. The fraction of sp³-hybridized carbons (Fsp3) is 0.304. The highest BCUT2D eigenvalue weighted by molar-refractivity contribution is 7.18. The molecule has 3 aromatic rings. The van der Waals surface area contributed by atoms with E-state index in [0.717, 1.165) is 44.1 Å². The Balaban J connectivity index is 1.32. The van der Waals surface area contributed by atoms with Crippen molar-refractivity contribution in [2.45, 2.75) is 31.3 Å². The maximum absolute atomic E-state index is 13.4. The largest absolute Gasteiger partial charge is 0.337 e. The van der Waals surface area contributed by atoms with Crippen molar-refractivity contribution in [3.8, 4) is 0 Å². The van der Waals surface area contributed by atoms with E-state index in [-0.39, 0.29) is 18.4 Å². The van der Waals surface area contributed by atoms with Gasteiger partial charge in [-0.3, -0.25) is 14.5 Å². The topological polar surface area (TPSA) is 82.6 Å². The van der Waals surface area contributed by atoms with Crippen molar-refractivity contribution < 1.29 is 14.4 Å². The van der Waals surface area contributed by atoms with Crippen LogP contribution in [0.5, 0.6) is 0 Å². The van der Waals surface area contributed by atoms with Crippen molar-refractivity contribution in [1.29, 1.82) is 0 Å². The molecule has 0 unspecified atom stereocenters. The van der Waals surface area contributed by atoms with Gasteiger partial charge in [0.15, 0.2) is 0 Å². The molecule has 1 atom stereocenters. The lowest BCUT2D eigenvalue weighted by Crippen LogP contribution is -2.47. The van der Waals surface area contributed by atoms with E-state index in [4.69, 9.17) is 0 Å². The first kappa shape index (κ1) is 19.7. The fourth-order valence-electron chi connectivity index (χ4n) is 4.49. The van der Waals surface area contributed by atoms with Gasteiger partial charge in [-0.25, -0.2) is 9.78 Å². The average molecular weight is 435 g/mol. The van der Waals surface area contributed by atoms with E-state index in [1.54, 1.807) is 7.05 Å². The van der Waals surface area contributed by atoms with Gasteiger partial charge in [-0.05, 0) is 42.5 Å².